The summed E-state index contributed by atoms with van der Waals surface area (Å²) in [5.74, 6) is -2.22. The smallest absolute Gasteiger partial charge is 0.339 e. The summed E-state index contributed by atoms with van der Waals surface area (Å²) in [6.07, 6.45) is -0.118. The van der Waals surface area contributed by atoms with E-state index in [1.165, 1.54) is 30.3 Å². The van der Waals surface area contributed by atoms with Crippen LogP contribution in [0.4, 0.5) is 8.78 Å². The van der Waals surface area contributed by atoms with Crippen molar-refractivity contribution >= 4 is 28.2 Å². The molecular formula is C19H15F2O4S-. The quantitative estimate of drug-likeness (QED) is 0.590. The molecule has 0 saturated heterocycles. The Morgan fingerprint density at radius 1 is 1.15 bits per heavy atom. The van der Waals surface area contributed by atoms with E-state index in [2.05, 4.69) is 0 Å². The molecular weight excluding hydrogens is 362 g/mol. The van der Waals surface area contributed by atoms with E-state index < -0.39 is 40.5 Å². The number of hydrogen-bond donors (Lipinski definition) is 0. The van der Waals surface area contributed by atoms with Crippen LogP contribution >= 0.6 is 0 Å². The van der Waals surface area contributed by atoms with Gasteiger partial charge in [-0.2, -0.15) is 0 Å². The summed E-state index contributed by atoms with van der Waals surface area (Å²) in [7, 11) is 0. The topological polar surface area (TPSA) is 66.4 Å². The Bertz CT molecular complexity index is 924. The standard InChI is InChI=1S/C19H16F2O4S/c1-2-16-17(12-6-7-13(10-26(23)24)15(21)9-12)18(19(22)25-16)11-4-3-5-14(20)8-11/h3-9,16H,2,10H2,1H3,(H,23,24)/p-1. The maximum Gasteiger partial charge on any atom is 0.339 e. The van der Waals surface area contributed by atoms with Crippen LogP contribution in [0.3, 0.4) is 0 Å². The zero-order valence-electron chi connectivity index (χ0n) is 13.8. The van der Waals surface area contributed by atoms with Crippen molar-refractivity contribution < 1.29 is 27.1 Å². The predicted octanol–water partition coefficient (Wildman–Crippen LogP) is 3.59. The van der Waals surface area contributed by atoms with E-state index in [9.17, 15) is 22.3 Å². The first-order valence-electron chi connectivity index (χ1n) is 7.96. The van der Waals surface area contributed by atoms with E-state index in [0.29, 0.717) is 23.1 Å². The minimum absolute atomic E-state index is 0.0354. The Morgan fingerprint density at radius 3 is 2.54 bits per heavy atom. The number of carbonyl (C=O) groups excluding carboxylic acids is 1. The van der Waals surface area contributed by atoms with Gasteiger partial charge in [0.1, 0.15) is 17.7 Å². The number of benzene rings is 2. The summed E-state index contributed by atoms with van der Waals surface area (Å²) in [6, 6.07) is 9.65. The van der Waals surface area contributed by atoms with Gasteiger partial charge in [0.2, 0.25) is 0 Å². The second kappa shape index (κ2) is 7.47. The average molecular weight is 377 g/mol. The lowest BCUT2D eigenvalue weighted by molar-refractivity contribution is -0.137. The van der Waals surface area contributed by atoms with Gasteiger partial charge in [0.05, 0.1) is 5.57 Å². The number of carbonyl (C=O) groups is 1. The van der Waals surface area contributed by atoms with Crippen molar-refractivity contribution in [3.05, 3.63) is 70.8 Å². The summed E-state index contributed by atoms with van der Waals surface area (Å²) in [5, 5.41) is 0. The van der Waals surface area contributed by atoms with Crippen LogP contribution in [0.5, 0.6) is 0 Å². The summed E-state index contributed by atoms with van der Waals surface area (Å²) in [4.78, 5) is 12.4. The van der Waals surface area contributed by atoms with Gasteiger partial charge < -0.3 is 9.29 Å². The van der Waals surface area contributed by atoms with Crippen LogP contribution in [-0.2, 0) is 26.4 Å². The largest absolute Gasteiger partial charge is 0.772 e. The lowest BCUT2D eigenvalue weighted by Crippen LogP contribution is -2.09. The Balaban J connectivity index is 2.15. The van der Waals surface area contributed by atoms with Gasteiger partial charge in [0.15, 0.2) is 0 Å². The highest BCUT2D eigenvalue weighted by atomic mass is 32.2. The number of halogens is 2. The van der Waals surface area contributed by atoms with Crippen molar-refractivity contribution in [3.63, 3.8) is 0 Å². The molecule has 0 radical (unpaired) electrons. The third kappa shape index (κ3) is 3.59. The van der Waals surface area contributed by atoms with Crippen molar-refractivity contribution in [3.8, 4) is 0 Å². The normalized spacial score (nSPS) is 18.2. The number of esters is 1. The maximum atomic E-state index is 14.3. The highest BCUT2D eigenvalue weighted by Crippen LogP contribution is 2.39. The molecule has 26 heavy (non-hydrogen) atoms. The second-order valence-electron chi connectivity index (χ2n) is 5.86. The van der Waals surface area contributed by atoms with Gasteiger partial charge in [-0.25, -0.2) is 13.6 Å². The lowest BCUT2D eigenvalue weighted by atomic mass is 9.91. The highest BCUT2D eigenvalue weighted by Gasteiger charge is 2.35. The summed E-state index contributed by atoms with van der Waals surface area (Å²) in [5.41, 5.74) is 1.45. The van der Waals surface area contributed by atoms with Crippen molar-refractivity contribution in [2.45, 2.75) is 25.2 Å². The summed E-state index contributed by atoms with van der Waals surface area (Å²) < 4.78 is 54.9. The first kappa shape index (κ1) is 18.4. The lowest BCUT2D eigenvalue weighted by Gasteiger charge is -2.14. The van der Waals surface area contributed by atoms with Crippen molar-refractivity contribution in [2.75, 3.05) is 0 Å². The molecule has 0 bridgehead atoms. The van der Waals surface area contributed by atoms with Crippen molar-refractivity contribution in [1.29, 1.82) is 0 Å². The molecule has 1 heterocycles. The Hall–Kier alpha value is -2.38. The molecule has 2 aromatic rings. The molecule has 2 aromatic carbocycles. The van der Waals surface area contributed by atoms with Crippen LogP contribution in [0.2, 0.25) is 0 Å². The minimum Gasteiger partial charge on any atom is -0.772 e. The van der Waals surface area contributed by atoms with Gasteiger partial charge in [-0.15, -0.1) is 0 Å². The van der Waals surface area contributed by atoms with Crippen molar-refractivity contribution in [1.82, 2.24) is 0 Å². The molecule has 1 aliphatic rings. The van der Waals surface area contributed by atoms with Gasteiger partial charge in [0.25, 0.3) is 0 Å². The first-order valence-corrected chi connectivity index (χ1v) is 9.20. The van der Waals surface area contributed by atoms with Crippen LogP contribution in [0.1, 0.15) is 30.0 Å². The fourth-order valence-corrected chi connectivity index (χ4v) is 3.50. The Labute approximate surface area is 151 Å². The second-order valence-corrected chi connectivity index (χ2v) is 6.75. The summed E-state index contributed by atoms with van der Waals surface area (Å²) in [6.45, 7) is 1.82. The van der Waals surface area contributed by atoms with Gasteiger partial charge in [-0.1, -0.05) is 42.3 Å². The third-order valence-corrected chi connectivity index (χ3v) is 4.71. The SMILES string of the molecule is CCC1OC(=O)C(c2cccc(F)c2)=C1c1ccc(CS(=O)[O-])c(F)c1. The molecule has 136 valence electrons. The molecule has 2 unspecified atom stereocenters. The molecule has 0 aromatic heterocycles. The van der Waals surface area contributed by atoms with Gasteiger partial charge in [-0.3, -0.25) is 4.21 Å². The molecule has 0 amide bonds. The highest BCUT2D eigenvalue weighted by molar-refractivity contribution is 7.78. The molecule has 4 nitrogen and oxygen atoms in total. The minimum atomic E-state index is -2.41. The zero-order chi connectivity index (χ0) is 18.8. The van der Waals surface area contributed by atoms with Gasteiger partial charge >= 0.3 is 5.97 Å². The maximum absolute atomic E-state index is 14.3. The molecule has 0 saturated carbocycles. The van der Waals surface area contributed by atoms with E-state index in [4.69, 9.17) is 4.74 Å². The molecule has 1 aliphatic heterocycles. The number of rotatable bonds is 5. The van der Waals surface area contributed by atoms with E-state index in [-0.39, 0.29) is 11.1 Å². The number of hydrogen-bond acceptors (Lipinski definition) is 4. The molecule has 0 fully saturated rings. The molecule has 2 atom stereocenters. The van der Waals surface area contributed by atoms with Gasteiger partial charge in [-0.05, 0) is 41.3 Å². The number of cyclic esters (lactones) is 1. The van der Waals surface area contributed by atoms with Crippen molar-refractivity contribution in [2.24, 2.45) is 0 Å². The van der Waals surface area contributed by atoms with E-state index in [1.54, 1.807) is 12.1 Å². The van der Waals surface area contributed by atoms with Gasteiger partial charge in [0, 0.05) is 11.3 Å². The Morgan fingerprint density at radius 2 is 1.92 bits per heavy atom. The fourth-order valence-electron chi connectivity index (χ4n) is 3.01. The summed E-state index contributed by atoms with van der Waals surface area (Å²) >= 11 is -2.41. The molecule has 0 N–H and O–H groups in total. The molecule has 7 heteroatoms. The Kier molecular flexibility index (Phi) is 5.29. The van der Waals surface area contributed by atoms with E-state index in [0.717, 1.165) is 0 Å². The zero-order valence-corrected chi connectivity index (χ0v) is 14.6. The first-order chi connectivity index (χ1) is 12.4. The van der Waals surface area contributed by atoms with Crippen LogP contribution in [0.15, 0.2) is 42.5 Å². The molecule has 3 rings (SSSR count). The van der Waals surface area contributed by atoms with Crippen LogP contribution < -0.4 is 0 Å². The van der Waals surface area contributed by atoms with Crippen LogP contribution in [0.25, 0.3) is 11.1 Å². The van der Waals surface area contributed by atoms with E-state index in [1.807, 2.05) is 6.92 Å². The van der Waals surface area contributed by atoms with Crippen LogP contribution in [0, 0.1) is 11.6 Å². The third-order valence-electron chi connectivity index (χ3n) is 4.17. The average Bonchev–Trinajstić information content (AvgIpc) is 2.93. The fraction of sp³-hybridized carbons (Fsp3) is 0.211. The monoisotopic (exact) mass is 377 g/mol. The van der Waals surface area contributed by atoms with Crippen LogP contribution in [-0.4, -0.2) is 20.8 Å². The molecule has 0 spiro atoms. The van der Waals surface area contributed by atoms with E-state index >= 15 is 0 Å². The predicted molar refractivity (Wildman–Crippen MR) is 92.4 cm³/mol. The molecule has 0 aliphatic carbocycles. The number of ether oxygens (including phenoxy) is 1.